The molecule has 1 nitrogen and oxygen atoms in total. The zero-order chi connectivity index (χ0) is 21.7. The highest BCUT2D eigenvalue weighted by Gasteiger charge is 2.20. The highest BCUT2D eigenvalue weighted by atomic mass is 31.1. The van der Waals surface area contributed by atoms with E-state index >= 15 is 0 Å². The van der Waals surface area contributed by atoms with Gasteiger partial charge in [0.2, 0.25) is 0 Å². The fourth-order valence-corrected chi connectivity index (χ4v) is 7.67. The summed E-state index contributed by atoms with van der Waals surface area (Å²) in [4.78, 5) is 4.99. The van der Waals surface area contributed by atoms with Crippen LogP contribution in [0.1, 0.15) is 5.56 Å². The lowest BCUT2D eigenvalue weighted by molar-refractivity contribution is 1.54. The zero-order valence-electron chi connectivity index (χ0n) is 18.4. The first-order valence-electron chi connectivity index (χ1n) is 10.7. The molecule has 0 aliphatic heterocycles. The highest BCUT2D eigenvalue weighted by molar-refractivity contribution is 7.80. The SMILES string of the molecule is C[Si](C)(C)c1ccccc1N=Cc1ccccc1P(c1ccccc1)c1ccccc1. The second-order valence-electron chi connectivity index (χ2n) is 8.59. The van der Waals surface area contributed by atoms with Gasteiger partial charge in [-0.3, -0.25) is 4.99 Å². The lowest BCUT2D eigenvalue weighted by Gasteiger charge is -2.21. The predicted octanol–water partition coefficient (Wildman–Crippen LogP) is 5.74. The number of hydrogen-bond acceptors (Lipinski definition) is 1. The topological polar surface area (TPSA) is 12.4 Å². The molecule has 0 amide bonds. The minimum atomic E-state index is -1.47. The molecule has 0 N–H and O–H groups in total. The Morgan fingerprint density at radius 3 is 1.74 bits per heavy atom. The lowest BCUT2D eigenvalue weighted by atomic mass is 10.2. The summed E-state index contributed by atoms with van der Waals surface area (Å²) in [7, 11) is -2.13. The molecule has 31 heavy (non-hydrogen) atoms. The fourth-order valence-electron chi connectivity index (χ4n) is 3.74. The Labute approximate surface area is 188 Å². The van der Waals surface area contributed by atoms with Gasteiger partial charge in [-0.2, -0.15) is 0 Å². The van der Waals surface area contributed by atoms with E-state index in [1.54, 1.807) is 0 Å². The summed E-state index contributed by atoms with van der Waals surface area (Å²) in [5.74, 6) is 0. The van der Waals surface area contributed by atoms with Crippen LogP contribution in [0.15, 0.2) is 114 Å². The Kier molecular flexibility index (Phi) is 6.61. The second kappa shape index (κ2) is 9.56. The average Bonchev–Trinajstić information content (AvgIpc) is 2.80. The van der Waals surface area contributed by atoms with Crippen LogP contribution >= 0.6 is 7.92 Å². The molecular weight excluding hydrogens is 409 g/mol. The summed E-state index contributed by atoms with van der Waals surface area (Å²) < 4.78 is 0. The van der Waals surface area contributed by atoms with Crippen LogP contribution in [0.25, 0.3) is 0 Å². The van der Waals surface area contributed by atoms with Crippen LogP contribution in [0, 0.1) is 0 Å². The minimum absolute atomic E-state index is 0.660. The van der Waals surface area contributed by atoms with Crippen LogP contribution in [-0.4, -0.2) is 14.3 Å². The summed E-state index contributed by atoms with van der Waals surface area (Å²) in [6.07, 6.45) is 2.06. The molecule has 0 radical (unpaired) electrons. The van der Waals surface area contributed by atoms with E-state index in [0.717, 1.165) is 5.69 Å². The molecule has 3 heteroatoms. The van der Waals surface area contributed by atoms with Crippen molar-refractivity contribution in [3.05, 3.63) is 115 Å². The molecule has 0 fully saturated rings. The van der Waals surface area contributed by atoms with E-state index in [9.17, 15) is 0 Å². The van der Waals surface area contributed by atoms with Crippen LogP contribution in [0.4, 0.5) is 5.69 Å². The Morgan fingerprint density at radius 2 is 1.13 bits per heavy atom. The van der Waals surface area contributed by atoms with Gasteiger partial charge in [-0.1, -0.05) is 123 Å². The van der Waals surface area contributed by atoms with Gasteiger partial charge in [-0.05, 0) is 35.1 Å². The fraction of sp³-hybridized carbons (Fsp3) is 0.107. The Balaban J connectivity index is 1.81. The molecule has 0 bridgehead atoms. The number of nitrogens with zero attached hydrogens (tertiary/aromatic N) is 1. The Morgan fingerprint density at radius 1 is 0.613 bits per heavy atom. The molecule has 0 aromatic heterocycles. The summed E-state index contributed by atoms with van der Waals surface area (Å²) in [5.41, 5.74) is 2.28. The summed E-state index contributed by atoms with van der Waals surface area (Å²) >= 11 is 0. The van der Waals surface area contributed by atoms with Crippen LogP contribution < -0.4 is 21.1 Å². The number of aliphatic imine (C=N–C) groups is 1. The first-order chi connectivity index (χ1) is 15.0. The molecule has 4 aromatic rings. The zero-order valence-corrected chi connectivity index (χ0v) is 20.3. The van der Waals surface area contributed by atoms with Gasteiger partial charge in [0, 0.05) is 11.8 Å². The van der Waals surface area contributed by atoms with E-state index in [1.165, 1.54) is 26.7 Å². The van der Waals surface area contributed by atoms with Crippen molar-refractivity contribution in [2.24, 2.45) is 4.99 Å². The normalized spacial score (nSPS) is 11.9. The number of para-hydroxylation sites is 1. The van der Waals surface area contributed by atoms with Gasteiger partial charge >= 0.3 is 0 Å². The van der Waals surface area contributed by atoms with Crippen molar-refractivity contribution in [1.29, 1.82) is 0 Å². The third-order valence-electron chi connectivity index (χ3n) is 5.26. The van der Waals surface area contributed by atoms with Crippen molar-refractivity contribution in [3.8, 4) is 0 Å². The smallest absolute Gasteiger partial charge is 0.0804 e. The van der Waals surface area contributed by atoms with Crippen LogP contribution in [0.2, 0.25) is 19.6 Å². The molecule has 0 saturated heterocycles. The van der Waals surface area contributed by atoms with E-state index in [2.05, 4.69) is 135 Å². The third kappa shape index (κ3) is 5.10. The molecule has 0 aliphatic carbocycles. The van der Waals surface area contributed by atoms with Crippen molar-refractivity contribution in [2.75, 3.05) is 0 Å². The van der Waals surface area contributed by atoms with E-state index in [0.29, 0.717) is 0 Å². The summed E-state index contributed by atoms with van der Waals surface area (Å²) in [5, 5.41) is 5.44. The second-order valence-corrected chi connectivity index (χ2v) is 15.8. The van der Waals surface area contributed by atoms with Gasteiger partial charge < -0.3 is 0 Å². The van der Waals surface area contributed by atoms with E-state index in [1.807, 2.05) is 0 Å². The molecule has 0 unspecified atom stereocenters. The lowest BCUT2D eigenvalue weighted by Crippen LogP contribution is -2.37. The molecule has 0 spiro atoms. The highest BCUT2D eigenvalue weighted by Crippen LogP contribution is 2.33. The molecule has 0 heterocycles. The maximum Gasteiger partial charge on any atom is 0.0804 e. The monoisotopic (exact) mass is 437 g/mol. The van der Waals surface area contributed by atoms with Crippen molar-refractivity contribution in [3.63, 3.8) is 0 Å². The number of benzene rings is 4. The maximum atomic E-state index is 4.99. The van der Waals surface area contributed by atoms with E-state index < -0.39 is 16.0 Å². The van der Waals surface area contributed by atoms with Crippen LogP contribution in [0.3, 0.4) is 0 Å². The molecule has 0 aliphatic rings. The van der Waals surface area contributed by atoms with Gasteiger partial charge in [0.25, 0.3) is 0 Å². The van der Waals surface area contributed by atoms with Crippen LogP contribution in [0.5, 0.6) is 0 Å². The molecule has 0 saturated carbocycles. The van der Waals surface area contributed by atoms with Gasteiger partial charge in [-0.15, -0.1) is 0 Å². The number of hydrogen-bond donors (Lipinski definition) is 0. The van der Waals surface area contributed by atoms with Crippen molar-refractivity contribution in [2.45, 2.75) is 19.6 Å². The standard InChI is InChI=1S/C28H28NPSi/c1-31(2,3)28-21-13-11-19-26(28)29-22-23-14-10-12-20-27(23)30(24-15-6-4-7-16-24)25-17-8-5-9-18-25/h4-22H,1-3H3. The van der Waals surface area contributed by atoms with Gasteiger partial charge in [0.15, 0.2) is 0 Å². The average molecular weight is 438 g/mol. The van der Waals surface area contributed by atoms with E-state index in [-0.39, 0.29) is 0 Å². The first kappa shape index (κ1) is 21.4. The van der Waals surface area contributed by atoms with Gasteiger partial charge in [0.1, 0.15) is 0 Å². The molecule has 4 aromatic carbocycles. The molecular formula is C28H28NPSi. The van der Waals surface area contributed by atoms with Gasteiger partial charge in [0.05, 0.1) is 13.8 Å². The van der Waals surface area contributed by atoms with Crippen molar-refractivity contribution >= 4 is 49.0 Å². The van der Waals surface area contributed by atoms with Crippen molar-refractivity contribution < 1.29 is 0 Å². The van der Waals surface area contributed by atoms with Crippen LogP contribution in [-0.2, 0) is 0 Å². The maximum absolute atomic E-state index is 4.99. The van der Waals surface area contributed by atoms with Crippen molar-refractivity contribution in [1.82, 2.24) is 0 Å². The Hall–Kier alpha value is -2.80. The van der Waals surface area contributed by atoms with Gasteiger partial charge in [-0.25, -0.2) is 0 Å². The summed E-state index contributed by atoms with van der Waals surface area (Å²) in [6.45, 7) is 7.12. The Bertz CT molecular complexity index is 1120. The first-order valence-corrected chi connectivity index (χ1v) is 15.5. The largest absolute Gasteiger partial charge is 0.256 e. The molecule has 0 atom stereocenters. The number of rotatable bonds is 6. The molecule has 4 rings (SSSR count). The quantitative estimate of drug-likeness (QED) is 0.207. The predicted molar refractivity (Wildman–Crippen MR) is 142 cm³/mol. The third-order valence-corrected chi connectivity index (χ3v) is 9.82. The summed E-state index contributed by atoms with van der Waals surface area (Å²) in [6, 6.07) is 39.0. The molecule has 154 valence electrons. The minimum Gasteiger partial charge on any atom is -0.256 e. The van der Waals surface area contributed by atoms with E-state index in [4.69, 9.17) is 4.99 Å².